The third kappa shape index (κ3) is 1.68. The highest BCUT2D eigenvalue weighted by atomic mass is 32.1. The predicted octanol–water partition coefficient (Wildman–Crippen LogP) is 2.99. The van der Waals surface area contributed by atoms with E-state index in [9.17, 15) is 4.79 Å². The van der Waals surface area contributed by atoms with E-state index in [1.165, 1.54) is 11.3 Å². The lowest BCUT2D eigenvalue weighted by atomic mass is 10.4. The molecule has 2 rings (SSSR count). The van der Waals surface area contributed by atoms with Gasteiger partial charge in [0, 0.05) is 5.38 Å². The number of hydrogen-bond acceptors (Lipinski definition) is 4. The van der Waals surface area contributed by atoms with Crippen molar-refractivity contribution in [1.82, 2.24) is 4.98 Å². The summed E-state index contributed by atoms with van der Waals surface area (Å²) in [5.41, 5.74) is 0.973. The van der Waals surface area contributed by atoms with E-state index >= 15 is 0 Å². The third-order valence-corrected chi connectivity index (χ3v) is 3.42. The molecule has 0 radical (unpaired) electrons. The monoisotopic (exact) mass is 209 g/mol. The van der Waals surface area contributed by atoms with Crippen molar-refractivity contribution in [2.24, 2.45) is 0 Å². The van der Waals surface area contributed by atoms with Crippen LogP contribution < -0.4 is 0 Å². The summed E-state index contributed by atoms with van der Waals surface area (Å²) in [4.78, 5) is 16.6. The molecule has 2 nitrogen and oxygen atoms in total. The molecule has 0 aromatic carbocycles. The van der Waals surface area contributed by atoms with E-state index in [-0.39, 0.29) is 0 Å². The zero-order chi connectivity index (χ0) is 9.26. The van der Waals surface area contributed by atoms with Gasteiger partial charge < -0.3 is 0 Å². The van der Waals surface area contributed by atoms with Gasteiger partial charge in [0.2, 0.25) is 0 Å². The summed E-state index contributed by atoms with van der Waals surface area (Å²) in [6, 6.07) is 3.75. The Kier molecular flexibility index (Phi) is 2.24. The maximum Gasteiger partial charge on any atom is 0.160 e. The molecule has 0 aliphatic carbocycles. The molecule has 66 valence electrons. The zero-order valence-electron chi connectivity index (χ0n) is 6.98. The normalized spacial score (nSPS) is 10.2. The van der Waals surface area contributed by atoms with Gasteiger partial charge in [0.05, 0.1) is 20.5 Å². The maximum atomic E-state index is 10.4. The van der Waals surface area contributed by atoms with Crippen LogP contribution in [0.3, 0.4) is 0 Å². The van der Waals surface area contributed by atoms with E-state index in [0.29, 0.717) is 0 Å². The standard InChI is InChI=1S/C9H7NOS2/c1-6-10-8(5-12-6)9-3-2-7(4-11)13-9/h2-5H,1H3. The molecule has 0 spiro atoms. The number of aryl methyl sites for hydroxylation is 1. The van der Waals surface area contributed by atoms with Gasteiger partial charge in [-0.25, -0.2) is 4.98 Å². The van der Waals surface area contributed by atoms with Crippen LogP contribution in [0.15, 0.2) is 17.5 Å². The van der Waals surface area contributed by atoms with E-state index in [0.717, 1.165) is 26.7 Å². The van der Waals surface area contributed by atoms with Crippen LogP contribution in [-0.4, -0.2) is 11.3 Å². The average molecular weight is 209 g/mol. The summed E-state index contributed by atoms with van der Waals surface area (Å²) in [6.45, 7) is 1.97. The molecule has 2 aromatic rings. The number of hydrogen-bond donors (Lipinski definition) is 0. The Morgan fingerprint density at radius 3 is 2.85 bits per heavy atom. The van der Waals surface area contributed by atoms with Gasteiger partial charge in [-0.05, 0) is 19.1 Å². The Hall–Kier alpha value is -1.00. The molecule has 0 atom stereocenters. The highest BCUT2D eigenvalue weighted by Gasteiger charge is 2.04. The van der Waals surface area contributed by atoms with Crippen LogP contribution in [0.2, 0.25) is 0 Å². The van der Waals surface area contributed by atoms with Crippen LogP contribution >= 0.6 is 22.7 Å². The van der Waals surface area contributed by atoms with E-state index in [2.05, 4.69) is 4.98 Å². The minimum absolute atomic E-state index is 0.751. The Labute approximate surface area is 83.9 Å². The lowest BCUT2D eigenvalue weighted by Crippen LogP contribution is -1.70. The number of carbonyl (C=O) groups excluding carboxylic acids is 1. The molecule has 0 N–H and O–H groups in total. The van der Waals surface area contributed by atoms with Crippen LogP contribution in [0.1, 0.15) is 14.7 Å². The van der Waals surface area contributed by atoms with E-state index in [1.807, 2.05) is 24.4 Å². The number of aldehydes is 1. The quantitative estimate of drug-likeness (QED) is 0.712. The number of rotatable bonds is 2. The van der Waals surface area contributed by atoms with Crippen molar-refractivity contribution in [3.05, 3.63) is 27.4 Å². The Balaban J connectivity index is 2.40. The van der Waals surface area contributed by atoms with E-state index in [1.54, 1.807) is 11.3 Å². The number of aromatic nitrogens is 1. The van der Waals surface area contributed by atoms with Crippen LogP contribution in [-0.2, 0) is 0 Å². The fraction of sp³-hybridized carbons (Fsp3) is 0.111. The van der Waals surface area contributed by atoms with Gasteiger partial charge in [-0.15, -0.1) is 22.7 Å². The second-order valence-corrected chi connectivity index (χ2v) is 4.75. The number of carbonyl (C=O) groups is 1. The van der Waals surface area contributed by atoms with Crippen molar-refractivity contribution < 1.29 is 4.79 Å². The van der Waals surface area contributed by atoms with Crippen LogP contribution in [0.5, 0.6) is 0 Å². The average Bonchev–Trinajstić information content (AvgIpc) is 2.71. The van der Waals surface area contributed by atoms with Crippen LogP contribution in [0.25, 0.3) is 10.6 Å². The Bertz CT molecular complexity index is 430. The van der Waals surface area contributed by atoms with Crippen LogP contribution in [0.4, 0.5) is 0 Å². The topological polar surface area (TPSA) is 30.0 Å². The smallest absolute Gasteiger partial charge is 0.160 e. The summed E-state index contributed by atoms with van der Waals surface area (Å²) < 4.78 is 0. The summed E-state index contributed by atoms with van der Waals surface area (Å²) in [5, 5.41) is 3.06. The molecule has 2 heterocycles. The first-order valence-corrected chi connectivity index (χ1v) is 5.47. The van der Waals surface area contributed by atoms with Gasteiger partial charge in [-0.2, -0.15) is 0 Å². The number of nitrogens with zero attached hydrogens (tertiary/aromatic N) is 1. The molecule has 13 heavy (non-hydrogen) atoms. The molecule has 4 heteroatoms. The number of thiazole rings is 1. The van der Waals surface area contributed by atoms with Gasteiger partial charge in [-0.1, -0.05) is 0 Å². The van der Waals surface area contributed by atoms with Crippen molar-refractivity contribution in [2.75, 3.05) is 0 Å². The van der Waals surface area contributed by atoms with Gasteiger partial charge >= 0.3 is 0 Å². The third-order valence-electron chi connectivity index (χ3n) is 1.61. The fourth-order valence-electron chi connectivity index (χ4n) is 1.03. The van der Waals surface area contributed by atoms with Crippen molar-refractivity contribution in [1.29, 1.82) is 0 Å². The molecule has 0 saturated heterocycles. The molecule has 0 aliphatic rings. The second-order valence-electron chi connectivity index (χ2n) is 2.57. The predicted molar refractivity (Wildman–Crippen MR) is 55.6 cm³/mol. The first kappa shape index (κ1) is 8.59. The number of thiophene rings is 1. The molecular formula is C9H7NOS2. The molecule has 0 bridgehead atoms. The largest absolute Gasteiger partial charge is 0.297 e. The Morgan fingerprint density at radius 1 is 1.46 bits per heavy atom. The van der Waals surface area contributed by atoms with E-state index in [4.69, 9.17) is 0 Å². The van der Waals surface area contributed by atoms with Crippen molar-refractivity contribution in [2.45, 2.75) is 6.92 Å². The molecule has 2 aromatic heterocycles. The van der Waals surface area contributed by atoms with Crippen molar-refractivity contribution in [3.8, 4) is 10.6 Å². The zero-order valence-corrected chi connectivity index (χ0v) is 8.61. The summed E-state index contributed by atoms with van der Waals surface area (Å²) in [7, 11) is 0. The maximum absolute atomic E-state index is 10.4. The fourth-order valence-corrected chi connectivity index (χ4v) is 2.50. The molecule has 0 saturated carbocycles. The summed E-state index contributed by atoms with van der Waals surface area (Å²) in [6.07, 6.45) is 0.868. The molecule has 0 fully saturated rings. The van der Waals surface area contributed by atoms with Crippen molar-refractivity contribution in [3.63, 3.8) is 0 Å². The lowest BCUT2D eigenvalue weighted by molar-refractivity contribution is 0.112. The highest BCUT2D eigenvalue weighted by Crippen LogP contribution is 2.27. The lowest BCUT2D eigenvalue weighted by Gasteiger charge is -1.85. The molecule has 0 unspecified atom stereocenters. The van der Waals surface area contributed by atoms with Gasteiger partial charge in [-0.3, -0.25) is 4.79 Å². The minimum atomic E-state index is 0.751. The Morgan fingerprint density at radius 2 is 2.31 bits per heavy atom. The molecular weight excluding hydrogens is 202 g/mol. The summed E-state index contributed by atoms with van der Waals surface area (Å²) in [5.74, 6) is 0. The summed E-state index contributed by atoms with van der Waals surface area (Å²) >= 11 is 3.10. The van der Waals surface area contributed by atoms with Gasteiger partial charge in [0.1, 0.15) is 0 Å². The molecule has 0 amide bonds. The van der Waals surface area contributed by atoms with E-state index < -0.39 is 0 Å². The highest BCUT2D eigenvalue weighted by molar-refractivity contribution is 7.17. The van der Waals surface area contributed by atoms with Gasteiger partial charge in [0.25, 0.3) is 0 Å². The van der Waals surface area contributed by atoms with Crippen molar-refractivity contribution >= 4 is 29.0 Å². The van der Waals surface area contributed by atoms with Crippen LogP contribution in [0, 0.1) is 6.92 Å². The first-order valence-electron chi connectivity index (χ1n) is 3.77. The first-order chi connectivity index (χ1) is 6.29. The second kappa shape index (κ2) is 3.40. The van der Waals surface area contributed by atoms with Gasteiger partial charge in [0.15, 0.2) is 6.29 Å². The molecule has 0 aliphatic heterocycles. The minimum Gasteiger partial charge on any atom is -0.297 e. The SMILES string of the molecule is Cc1nc(-c2ccc(C=O)s2)cs1.